The largest absolute Gasteiger partial charge is 0.618 e. The van der Waals surface area contributed by atoms with Gasteiger partial charge in [-0.1, -0.05) is 12.2 Å². The van der Waals surface area contributed by atoms with Crippen LogP contribution in [0.3, 0.4) is 0 Å². The molecule has 3 rings (SSSR count). The Kier molecular flexibility index (Phi) is 2.62. The molecule has 1 aromatic heterocycles. The molecule has 1 atom stereocenters. The Bertz CT molecular complexity index is 610. The minimum atomic E-state index is 0.0595. The van der Waals surface area contributed by atoms with Crippen LogP contribution in [0.4, 0.5) is 0 Å². The zero-order chi connectivity index (χ0) is 13.6. The molecule has 0 radical (unpaired) electrons. The van der Waals surface area contributed by atoms with Crippen LogP contribution in [0.2, 0.25) is 0 Å². The number of ether oxygens (including phenoxy) is 1. The van der Waals surface area contributed by atoms with E-state index in [9.17, 15) is 10.3 Å². The van der Waals surface area contributed by atoms with Crippen molar-refractivity contribution in [1.29, 1.82) is 0 Å². The van der Waals surface area contributed by atoms with E-state index < -0.39 is 0 Å². The number of aromatic nitrogens is 1. The topological polar surface area (TPSA) is 60.5 Å². The molecular weight excluding hydrogens is 244 g/mol. The normalized spacial score (nSPS) is 21.9. The molecule has 5 nitrogen and oxygen atoms in total. The second-order valence-corrected chi connectivity index (χ2v) is 5.02. The number of methoxy groups -OCH3 is 1. The summed E-state index contributed by atoms with van der Waals surface area (Å²) >= 11 is 0. The first-order chi connectivity index (χ1) is 9.10. The molecule has 0 fully saturated rings. The maximum absolute atomic E-state index is 12.2. The van der Waals surface area contributed by atoms with Gasteiger partial charge in [-0.15, -0.1) is 0 Å². The SMILES string of the molecule is C=C1CC=C2[C@@H](C1)Cn1cc(O)c(OC)c1C=[N+]2[O-]. The van der Waals surface area contributed by atoms with Crippen LogP contribution in [0.25, 0.3) is 0 Å². The fourth-order valence-corrected chi connectivity index (χ4v) is 2.83. The summed E-state index contributed by atoms with van der Waals surface area (Å²) in [5, 5.41) is 22.0. The van der Waals surface area contributed by atoms with Crippen molar-refractivity contribution in [3.05, 3.63) is 41.0 Å². The first-order valence-corrected chi connectivity index (χ1v) is 6.24. The van der Waals surface area contributed by atoms with E-state index in [-0.39, 0.29) is 11.7 Å². The van der Waals surface area contributed by atoms with Gasteiger partial charge in [0.05, 0.1) is 19.2 Å². The van der Waals surface area contributed by atoms with Crippen LogP contribution in [0.15, 0.2) is 30.1 Å². The highest BCUT2D eigenvalue weighted by Crippen LogP contribution is 2.37. The van der Waals surface area contributed by atoms with Crippen molar-refractivity contribution >= 4 is 6.21 Å². The minimum absolute atomic E-state index is 0.0595. The van der Waals surface area contributed by atoms with Crippen LogP contribution in [-0.4, -0.2) is 27.7 Å². The van der Waals surface area contributed by atoms with Gasteiger partial charge in [0.15, 0.2) is 22.9 Å². The lowest BCUT2D eigenvalue weighted by molar-refractivity contribution is -0.405. The molecule has 19 heavy (non-hydrogen) atoms. The highest BCUT2D eigenvalue weighted by molar-refractivity contribution is 5.80. The smallest absolute Gasteiger partial charge is 0.208 e. The van der Waals surface area contributed by atoms with Crippen LogP contribution in [-0.2, 0) is 6.54 Å². The number of aromatic hydroxyl groups is 1. The van der Waals surface area contributed by atoms with E-state index in [1.165, 1.54) is 13.3 Å². The van der Waals surface area contributed by atoms with Gasteiger partial charge in [-0.3, -0.25) is 0 Å². The van der Waals surface area contributed by atoms with E-state index in [0.717, 1.165) is 28.9 Å². The van der Waals surface area contributed by atoms with Crippen LogP contribution < -0.4 is 4.74 Å². The van der Waals surface area contributed by atoms with Gasteiger partial charge in [0, 0.05) is 6.54 Å². The molecule has 5 heteroatoms. The van der Waals surface area contributed by atoms with Crippen molar-refractivity contribution in [1.82, 2.24) is 4.57 Å². The standard InChI is InChI=1S/C14H16N2O3/c1-9-3-4-11-10(5-9)6-15-8-13(17)14(19-2)12(15)7-16(11)18/h4,7-8,10,17H,1,3,5-6H2,2H3/t10-/m0/s1. The lowest BCUT2D eigenvalue weighted by atomic mass is 9.89. The molecular formula is C14H16N2O3. The third kappa shape index (κ3) is 1.82. The number of nitrogens with zero attached hydrogens (tertiary/aromatic N) is 2. The molecule has 2 aliphatic rings. The third-order valence-corrected chi connectivity index (χ3v) is 3.72. The summed E-state index contributed by atoms with van der Waals surface area (Å²) in [6, 6.07) is 0. The summed E-state index contributed by atoms with van der Waals surface area (Å²) in [7, 11) is 1.48. The number of hydroxylamine groups is 1. The van der Waals surface area contributed by atoms with Gasteiger partial charge in [-0.05, 0) is 18.9 Å². The molecule has 0 saturated carbocycles. The molecule has 0 bridgehead atoms. The van der Waals surface area contributed by atoms with E-state index >= 15 is 0 Å². The first-order valence-electron chi connectivity index (χ1n) is 6.24. The number of allylic oxidation sites excluding steroid dienone is 3. The van der Waals surface area contributed by atoms with E-state index in [4.69, 9.17) is 4.74 Å². The van der Waals surface area contributed by atoms with E-state index in [1.807, 2.05) is 10.6 Å². The Morgan fingerprint density at radius 2 is 2.37 bits per heavy atom. The summed E-state index contributed by atoms with van der Waals surface area (Å²) < 4.78 is 7.91. The van der Waals surface area contributed by atoms with Gasteiger partial charge < -0.3 is 19.6 Å². The molecule has 0 spiro atoms. The van der Waals surface area contributed by atoms with Crippen LogP contribution in [0.1, 0.15) is 18.5 Å². The van der Waals surface area contributed by atoms with Crippen molar-refractivity contribution in [2.45, 2.75) is 19.4 Å². The second-order valence-electron chi connectivity index (χ2n) is 5.02. The van der Waals surface area contributed by atoms with Crippen LogP contribution >= 0.6 is 0 Å². The summed E-state index contributed by atoms with van der Waals surface area (Å²) in [6.07, 6.45) is 6.59. The maximum atomic E-state index is 12.2. The van der Waals surface area contributed by atoms with Gasteiger partial charge >= 0.3 is 0 Å². The molecule has 0 saturated heterocycles. The highest BCUT2D eigenvalue weighted by Gasteiger charge is 2.31. The molecule has 0 unspecified atom stereocenters. The van der Waals surface area contributed by atoms with Gasteiger partial charge in [-0.2, -0.15) is 4.74 Å². The van der Waals surface area contributed by atoms with Crippen molar-refractivity contribution in [2.24, 2.45) is 5.92 Å². The average molecular weight is 260 g/mol. The quantitative estimate of drug-likeness (QED) is 0.477. The molecule has 0 amide bonds. The third-order valence-electron chi connectivity index (χ3n) is 3.72. The molecule has 1 aliphatic heterocycles. The van der Waals surface area contributed by atoms with Crippen molar-refractivity contribution in [3.8, 4) is 11.5 Å². The minimum Gasteiger partial charge on any atom is -0.618 e. The summed E-state index contributed by atoms with van der Waals surface area (Å²) in [5.74, 6) is 0.510. The monoisotopic (exact) mass is 260 g/mol. The Balaban J connectivity index is 2.12. The van der Waals surface area contributed by atoms with E-state index in [0.29, 0.717) is 18.0 Å². The first kappa shape index (κ1) is 11.9. The number of hydrogen-bond donors (Lipinski definition) is 1. The zero-order valence-electron chi connectivity index (χ0n) is 10.8. The fraction of sp³-hybridized carbons (Fsp3) is 0.357. The lowest BCUT2D eigenvalue weighted by Gasteiger charge is -2.21. The van der Waals surface area contributed by atoms with Crippen molar-refractivity contribution in [3.63, 3.8) is 0 Å². The van der Waals surface area contributed by atoms with Gasteiger partial charge in [0.25, 0.3) is 0 Å². The van der Waals surface area contributed by atoms with Crippen LogP contribution in [0, 0.1) is 11.1 Å². The summed E-state index contributed by atoms with van der Waals surface area (Å²) in [4.78, 5) is 0. The van der Waals surface area contributed by atoms with Crippen molar-refractivity contribution in [2.75, 3.05) is 7.11 Å². The Hall–Kier alpha value is -2.17. The highest BCUT2D eigenvalue weighted by atomic mass is 16.5. The molecule has 0 aromatic carbocycles. The number of rotatable bonds is 1. The van der Waals surface area contributed by atoms with E-state index in [1.54, 1.807) is 6.20 Å². The maximum Gasteiger partial charge on any atom is 0.208 e. The predicted molar refractivity (Wildman–Crippen MR) is 71.4 cm³/mol. The Morgan fingerprint density at radius 1 is 1.58 bits per heavy atom. The summed E-state index contributed by atoms with van der Waals surface area (Å²) in [6.45, 7) is 4.64. The van der Waals surface area contributed by atoms with Gasteiger partial charge in [0.1, 0.15) is 0 Å². The Morgan fingerprint density at radius 3 is 3.11 bits per heavy atom. The fourth-order valence-electron chi connectivity index (χ4n) is 2.83. The average Bonchev–Trinajstić information content (AvgIpc) is 2.57. The molecule has 2 heterocycles. The molecule has 1 N–H and O–H groups in total. The predicted octanol–water partition coefficient (Wildman–Crippen LogP) is 2.00. The second kappa shape index (κ2) is 4.19. The summed E-state index contributed by atoms with van der Waals surface area (Å²) in [5.41, 5.74) is 2.52. The Labute approximate surface area is 111 Å². The molecule has 1 aromatic rings. The van der Waals surface area contributed by atoms with Gasteiger partial charge in [0.2, 0.25) is 6.21 Å². The number of hydrogen-bond acceptors (Lipinski definition) is 3. The number of fused-ring (bicyclic) bond motifs is 2. The van der Waals surface area contributed by atoms with Crippen LogP contribution in [0.5, 0.6) is 11.5 Å². The van der Waals surface area contributed by atoms with Gasteiger partial charge in [-0.25, -0.2) is 0 Å². The zero-order valence-corrected chi connectivity index (χ0v) is 10.8. The lowest BCUT2D eigenvalue weighted by Crippen LogP contribution is -2.19. The molecule has 1 aliphatic carbocycles. The van der Waals surface area contributed by atoms with Crippen molar-refractivity contribution < 1.29 is 14.6 Å². The van der Waals surface area contributed by atoms with E-state index in [2.05, 4.69) is 6.58 Å². The molecule has 100 valence electrons.